The first kappa shape index (κ1) is 26.1. The zero-order chi connectivity index (χ0) is 25.4. The van der Waals surface area contributed by atoms with Crippen molar-refractivity contribution < 1.29 is 33.8 Å². The molecule has 1 unspecified atom stereocenters. The standard InChI is InChI=1S/C25H28N2O7S/c1-3-33-24(31)21(22(28)26-20(23(29)30)12-13-35-2)27-25(32)34-14-19-17-10-6-4-8-15(17)16-9-5-7-11-18(16)19/h4-11,19-21H,3,12-14H2,1-2H3,(H,26,28)(H,27,32)(H,29,30)/t20-,21?/m0/s1. The molecular weight excluding hydrogens is 472 g/mol. The Bertz CT molecular complexity index is 1050. The van der Waals surface area contributed by atoms with Gasteiger partial charge in [0.15, 0.2) is 0 Å². The number of benzene rings is 2. The van der Waals surface area contributed by atoms with Crippen LogP contribution < -0.4 is 10.6 Å². The Balaban J connectivity index is 1.69. The number of aliphatic carboxylic acids is 1. The summed E-state index contributed by atoms with van der Waals surface area (Å²) < 4.78 is 10.3. The molecule has 0 spiro atoms. The van der Waals surface area contributed by atoms with E-state index >= 15 is 0 Å². The fourth-order valence-corrected chi connectivity index (χ4v) is 4.43. The van der Waals surface area contributed by atoms with Crippen molar-refractivity contribution in [3.8, 4) is 11.1 Å². The van der Waals surface area contributed by atoms with Gasteiger partial charge in [0.2, 0.25) is 6.04 Å². The molecule has 186 valence electrons. The summed E-state index contributed by atoms with van der Waals surface area (Å²) in [4.78, 5) is 49.2. The van der Waals surface area contributed by atoms with E-state index in [1.54, 1.807) is 13.2 Å². The van der Waals surface area contributed by atoms with E-state index in [1.807, 2.05) is 48.5 Å². The van der Waals surface area contributed by atoms with Crippen LogP contribution in [-0.4, -0.2) is 66.4 Å². The number of carbonyl (C=O) groups is 4. The maximum absolute atomic E-state index is 12.7. The third-order valence-electron chi connectivity index (χ3n) is 5.62. The van der Waals surface area contributed by atoms with Crippen molar-refractivity contribution in [2.75, 3.05) is 25.2 Å². The van der Waals surface area contributed by atoms with Crippen LogP contribution in [0, 0.1) is 0 Å². The molecule has 35 heavy (non-hydrogen) atoms. The molecule has 0 saturated carbocycles. The van der Waals surface area contributed by atoms with Crippen LogP contribution in [0.1, 0.15) is 30.4 Å². The highest BCUT2D eigenvalue weighted by Crippen LogP contribution is 2.44. The van der Waals surface area contributed by atoms with E-state index in [1.165, 1.54) is 11.8 Å². The van der Waals surface area contributed by atoms with Crippen molar-refractivity contribution in [1.82, 2.24) is 10.6 Å². The molecule has 0 heterocycles. The number of esters is 1. The number of alkyl carbamates (subject to hydrolysis) is 1. The Morgan fingerprint density at radius 2 is 1.57 bits per heavy atom. The van der Waals surface area contributed by atoms with Crippen molar-refractivity contribution in [3.63, 3.8) is 0 Å². The third-order valence-corrected chi connectivity index (χ3v) is 6.26. The van der Waals surface area contributed by atoms with E-state index in [9.17, 15) is 24.3 Å². The summed E-state index contributed by atoms with van der Waals surface area (Å²) in [6.07, 6.45) is 0.972. The molecule has 2 aromatic rings. The van der Waals surface area contributed by atoms with Crippen molar-refractivity contribution >= 4 is 35.7 Å². The van der Waals surface area contributed by atoms with Crippen molar-refractivity contribution in [3.05, 3.63) is 59.7 Å². The van der Waals surface area contributed by atoms with E-state index in [-0.39, 0.29) is 25.6 Å². The predicted octanol–water partition coefficient (Wildman–Crippen LogP) is 2.78. The largest absolute Gasteiger partial charge is 0.480 e. The van der Waals surface area contributed by atoms with Gasteiger partial charge < -0.3 is 19.9 Å². The molecule has 0 fully saturated rings. The van der Waals surface area contributed by atoms with Gasteiger partial charge in [-0.15, -0.1) is 0 Å². The van der Waals surface area contributed by atoms with Crippen LogP contribution in [0.15, 0.2) is 48.5 Å². The highest BCUT2D eigenvalue weighted by Gasteiger charge is 2.34. The number of ether oxygens (including phenoxy) is 2. The third kappa shape index (κ3) is 6.33. The molecule has 9 nitrogen and oxygen atoms in total. The smallest absolute Gasteiger partial charge is 0.408 e. The van der Waals surface area contributed by atoms with Crippen molar-refractivity contribution in [2.24, 2.45) is 0 Å². The number of carbonyl (C=O) groups excluding carboxylic acids is 3. The van der Waals surface area contributed by atoms with Gasteiger partial charge in [-0.1, -0.05) is 48.5 Å². The fraction of sp³-hybridized carbons (Fsp3) is 0.360. The summed E-state index contributed by atoms with van der Waals surface area (Å²) in [5, 5.41) is 13.9. The second kappa shape index (κ2) is 12.3. The highest BCUT2D eigenvalue weighted by atomic mass is 32.2. The molecule has 0 radical (unpaired) electrons. The quantitative estimate of drug-likeness (QED) is 0.317. The van der Waals surface area contributed by atoms with E-state index in [0.717, 1.165) is 22.3 Å². The Kier molecular flexibility index (Phi) is 9.13. The van der Waals surface area contributed by atoms with Crippen molar-refractivity contribution in [1.29, 1.82) is 0 Å². The summed E-state index contributed by atoms with van der Waals surface area (Å²) >= 11 is 1.42. The lowest BCUT2D eigenvalue weighted by Crippen LogP contribution is -2.55. The lowest BCUT2D eigenvalue weighted by atomic mass is 9.98. The van der Waals surface area contributed by atoms with Gasteiger partial charge in [-0.3, -0.25) is 10.1 Å². The minimum absolute atomic E-state index is 0.0114. The first-order valence-corrected chi connectivity index (χ1v) is 12.6. The molecule has 2 amide bonds. The van der Waals surface area contributed by atoms with Crippen LogP contribution >= 0.6 is 11.8 Å². The molecule has 1 aliphatic carbocycles. The van der Waals surface area contributed by atoms with E-state index < -0.39 is 36.0 Å². The summed E-state index contributed by atoms with van der Waals surface area (Å²) in [6, 6.07) is 12.7. The number of carboxylic acid groups (broad SMARTS) is 1. The summed E-state index contributed by atoms with van der Waals surface area (Å²) in [7, 11) is 0. The number of hydrogen-bond donors (Lipinski definition) is 3. The van der Waals surface area contributed by atoms with Gasteiger partial charge in [0.05, 0.1) is 6.61 Å². The second-order valence-electron chi connectivity index (χ2n) is 7.84. The molecule has 2 atom stereocenters. The molecule has 0 bridgehead atoms. The van der Waals surface area contributed by atoms with Gasteiger partial charge in [-0.2, -0.15) is 11.8 Å². The lowest BCUT2D eigenvalue weighted by Gasteiger charge is -2.21. The zero-order valence-corrected chi connectivity index (χ0v) is 20.3. The minimum Gasteiger partial charge on any atom is -0.480 e. The van der Waals surface area contributed by atoms with Crippen LogP contribution in [0.4, 0.5) is 4.79 Å². The Hall–Kier alpha value is -3.53. The van der Waals surface area contributed by atoms with Gasteiger partial charge >= 0.3 is 18.0 Å². The Morgan fingerprint density at radius 3 is 2.11 bits per heavy atom. The summed E-state index contributed by atoms with van der Waals surface area (Å²) in [6.45, 7) is 1.52. The number of nitrogens with one attached hydrogen (secondary N) is 2. The first-order valence-electron chi connectivity index (χ1n) is 11.2. The van der Waals surface area contributed by atoms with Crippen LogP contribution in [0.2, 0.25) is 0 Å². The van der Waals surface area contributed by atoms with Gasteiger partial charge in [0.1, 0.15) is 12.6 Å². The number of amides is 2. The van der Waals surface area contributed by atoms with Crippen LogP contribution in [-0.2, 0) is 23.9 Å². The number of fused-ring (bicyclic) bond motifs is 3. The number of thioether (sulfide) groups is 1. The first-order chi connectivity index (χ1) is 16.9. The number of rotatable bonds is 11. The van der Waals surface area contributed by atoms with Crippen molar-refractivity contribution in [2.45, 2.75) is 31.3 Å². The fourth-order valence-electron chi connectivity index (χ4n) is 3.96. The highest BCUT2D eigenvalue weighted by molar-refractivity contribution is 7.98. The zero-order valence-electron chi connectivity index (χ0n) is 19.5. The van der Waals surface area contributed by atoms with E-state index in [0.29, 0.717) is 5.75 Å². The monoisotopic (exact) mass is 500 g/mol. The van der Waals surface area contributed by atoms with Gasteiger partial charge in [-0.05, 0) is 47.6 Å². The average molecular weight is 501 g/mol. The predicted molar refractivity (Wildman–Crippen MR) is 131 cm³/mol. The molecule has 0 aliphatic heterocycles. The Labute approximate surface area is 207 Å². The lowest BCUT2D eigenvalue weighted by molar-refractivity contribution is -0.151. The molecule has 10 heteroatoms. The maximum atomic E-state index is 12.7. The molecule has 3 N–H and O–H groups in total. The van der Waals surface area contributed by atoms with Crippen LogP contribution in [0.5, 0.6) is 0 Å². The molecular formula is C25H28N2O7S. The molecule has 3 rings (SSSR count). The van der Waals surface area contributed by atoms with Gasteiger partial charge in [-0.25, -0.2) is 14.4 Å². The maximum Gasteiger partial charge on any atom is 0.408 e. The van der Waals surface area contributed by atoms with Crippen LogP contribution in [0.3, 0.4) is 0 Å². The average Bonchev–Trinajstić information content (AvgIpc) is 3.17. The number of hydrogen-bond acceptors (Lipinski definition) is 7. The summed E-state index contributed by atoms with van der Waals surface area (Å²) in [5.41, 5.74) is 4.15. The minimum atomic E-state index is -1.75. The molecule has 0 saturated heterocycles. The molecule has 1 aliphatic rings. The van der Waals surface area contributed by atoms with Gasteiger partial charge in [0.25, 0.3) is 5.91 Å². The van der Waals surface area contributed by atoms with E-state index in [2.05, 4.69) is 10.6 Å². The van der Waals surface area contributed by atoms with E-state index in [4.69, 9.17) is 9.47 Å². The van der Waals surface area contributed by atoms with Crippen LogP contribution in [0.25, 0.3) is 11.1 Å². The molecule has 0 aromatic heterocycles. The number of carboxylic acids is 1. The second-order valence-corrected chi connectivity index (χ2v) is 8.82. The van der Waals surface area contributed by atoms with Gasteiger partial charge in [0, 0.05) is 5.92 Å². The normalized spacial score (nSPS) is 13.7. The SMILES string of the molecule is CCOC(=O)C(NC(=O)OCC1c2ccccc2-c2ccccc21)C(=O)N[C@@H](CCSC)C(=O)O. The topological polar surface area (TPSA) is 131 Å². The summed E-state index contributed by atoms with van der Waals surface area (Å²) in [5.74, 6) is -2.94. The Morgan fingerprint density at radius 1 is 0.971 bits per heavy atom. The molecule has 2 aromatic carbocycles.